The summed E-state index contributed by atoms with van der Waals surface area (Å²) in [5.41, 5.74) is 2.70. The number of allylic oxidation sites excluding steroid dienone is 10. The molecule has 54 valence electrons. The van der Waals surface area contributed by atoms with E-state index in [0.29, 0.717) is 0 Å². The lowest BCUT2D eigenvalue weighted by Crippen LogP contribution is -1.78. The van der Waals surface area contributed by atoms with Gasteiger partial charge in [-0.1, -0.05) is 48.6 Å². The Morgan fingerprint density at radius 2 is 1.27 bits per heavy atom. The van der Waals surface area contributed by atoms with Crippen LogP contribution >= 0.6 is 0 Å². The fraction of sp³-hybridized carbons (Fsp3) is 0.0909. The van der Waals surface area contributed by atoms with E-state index in [-0.39, 0.29) is 0 Å². The first kappa shape index (κ1) is 6.41. The summed E-state index contributed by atoms with van der Waals surface area (Å²) in [7, 11) is 0. The van der Waals surface area contributed by atoms with E-state index in [1.165, 1.54) is 11.1 Å². The van der Waals surface area contributed by atoms with Gasteiger partial charge in [0.05, 0.1) is 0 Å². The fourth-order valence-electron chi connectivity index (χ4n) is 1.32. The van der Waals surface area contributed by atoms with E-state index < -0.39 is 0 Å². The highest BCUT2D eigenvalue weighted by atomic mass is 14.1. The zero-order valence-electron chi connectivity index (χ0n) is 6.33. The largest absolute Gasteiger partial charge is 0.0729 e. The maximum atomic E-state index is 2.25. The molecule has 2 aliphatic rings. The highest BCUT2D eigenvalue weighted by Gasteiger charge is 2.02. The van der Waals surface area contributed by atoms with E-state index in [4.69, 9.17) is 0 Å². The molecule has 0 saturated heterocycles. The van der Waals surface area contributed by atoms with Crippen molar-refractivity contribution in [3.05, 3.63) is 59.8 Å². The number of rotatable bonds is 0. The molecule has 2 rings (SSSR count). The van der Waals surface area contributed by atoms with Gasteiger partial charge < -0.3 is 0 Å². The molecule has 0 unspecified atom stereocenters. The SMILES string of the molecule is C1=CC=CC2=CCC=C2C=C1. The van der Waals surface area contributed by atoms with Gasteiger partial charge in [0.2, 0.25) is 0 Å². The maximum absolute atomic E-state index is 2.25. The monoisotopic (exact) mass is 142 g/mol. The third kappa shape index (κ3) is 1.25. The first-order chi connectivity index (χ1) is 5.47. The Balaban J connectivity index is 2.41. The molecule has 0 amide bonds. The van der Waals surface area contributed by atoms with Crippen molar-refractivity contribution in [2.75, 3.05) is 0 Å². The topological polar surface area (TPSA) is 0 Å². The molecule has 0 aromatic heterocycles. The molecule has 0 atom stereocenters. The Kier molecular flexibility index (Phi) is 1.60. The highest BCUT2D eigenvalue weighted by Crippen LogP contribution is 2.22. The van der Waals surface area contributed by atoms with E-state index in [9.17, 15) is 0 Å². The van der Waals surface area contributed by atoms with Crippen LogP contribution < -0.4 is 0 Å². The van der Waals surface area contributed by atoms with Crippen LogP contribution in [0.1, 0.15) is 6.42 Å². The van der Waals surface area contributed by atoms with Crippen molar-refractivity contribution in [2.24, 2.45) is 0 Å². The normalized spacial score (nSPS) is 20.4. The third-order valence-electron chi connectivity index (χ3n) is 1.89. The predicted octanol–water partition coefficient (Wildman–Crippen LogP) is 2.93. The van der Waals surface area contributed by atoms with Crippen molar-refractivity contribution in [3.63, 3.8) is 0 Å². The Morgan fingerprint density at radius 1 is 0.727 bits per heavy atom. The molecule has 0 nitrogen and oxygen atoms in total. The summed E-state index contributed by atoms with van der Waals surface area (Å²) >= 11 is 0. The van der Waals surface area contributed by atoms with Crippen molar-refractivity contribution in [1.29, 1.82) is 0 Å². The molecular weight excluding hydrogens is 132 g/mol. The van der Waals surface area contributed by atoms with Gasteiger partial charge in [0, 0.05) is 0 Å². The van der Waals surface area contributed by atoms with Gasteiger partial charge in [0.15, 0.2) is 0 Å². The Bertz CT molecular complexity index is 266. The van der Waals surface area contributed by atoms with E-state index in [1.54, 1.807) is 0 Å². The maximum Gasteiger partial charge on any atom is -0.0151 e. The minimum Gasteiger partial charge on any atom is -0.0729 e. The van der Waals surface area contributed by atoms with Gasteiger partial charge in [0.25, 0.3) is 0 Å². The van der Waals surface area contributed by atoms with Crippen molar-refractivity contribution >= 4 is 0 Å². The van der Waals surface area contributed by atoms with Crippen LogP contribution in [0.5, 0.6) is 0 Å². The minimum atomic E-state index is 1.08. The van der Waals surface area contributed by atoms with Crippen LogP contribution in [0.25, 0.3) is 0 Å². The second kappa shape index (κ2) is 2.75. The van der Waals surface area contributed by atoms with Gasteiger partial charge in [-0.15, -0.1) is 0 Å². The van der Waals surface area contributed by atoms with Gasteiger partial charge in [-0.2, -0.15) is 0 Å². The van der Waals surface area contributed by atoms with Crippen molar-refractivity contribution < 1.29 is 0 Å². The second-order valence-corrected chi connectivity index (χ2v) is 2.66. The van der Waals surface area contributed by atoms with Gasteiger partial charge >= 0.3 is 0 Å². The lowest BCUT2D eigenvalue weighted by Gasteiger charge is -1.97. The van der Waals surface area contributed by atoms with Crippen LogP contribution in [-0.4, -0.2) is 0 Å². The molecule has 2 aliphatic carbocycles. The van der Waals surface area contributed by atoms with E-state index in [2.05, 4.69) is 36.5 Å². The zero-order chi connectivity index (χ0) is 7.52. The number of hydrogen-bond donors (Lipinski definition) is 0. The molecule has 0 bridgehead atoms. The van der Waals surface area contributed by atoms with Gasteiger partial charge in [-0.25, -0.2) is 0 Å². The molecule has 0 spiro atoms. The molecule has 0 saturated carbocycles. The smallest absolute Gasteiger partial charge is 0.0151 e. The van der Waals surface area contributed by atoms with Gasteiger partial charge in [0.1, 0.15) is 0 Å². The van der Waals surface area contributed by atoms with Crippen molar-refractivity contribution in [3.8, 4) is 0 Å². The molecule has 0 aromatic carbocycles. The highest BCUT2D eigenvalue weighted by molar-refractivity contribution is 5.52. The first-order valence-electron chi connectivity index (χ1n) is 3.89. The quantitative estimate of drug-likeness (QED) is 0.488. The molecule has 0 aromatic rings. The van der Waals surface area contributed by atoms with E-state index in [1.807, 2.05) is 12.2 Å². The molecule has 0 heterocycles. The standard InChI is InChI=1S/C11H10/c1-2-4-7-11-9-5-8-10(11)6-3-1/h1-4,6-9H,5H2. The molecule has 0 aliphatic heterocycles. The molecular formula is C11H10. The lowest BCUT2D eigenvalue weighted by molar-refractivity contribution is 1.44. The lowest BCUT2D eigenvalue weighted by atomic mass is 10.1. The van der Waals surface area contributed by atoms with Crippen LogP contribution in [0.3, 0.4) is 0 Å². The van der Waals surface area contributed by atoms with Crippen LogP contribution in [0.4, 0.5) is 0 Å². The van der Waals surface area contributed by atoms with Gasteiger partial charge in [-0.05, 0) is 17.6 Å². The number of fused-ring (bicyclic) bond motifs is 1. The van der Waals surface area contributed by atoms with E-state index >= 15 is 0 Å². The van der Waals surface area contributed by atoms with Crippen molar-refractivity contribution in [1.82, 2.24) is 0 Å². The Morgan fingerprint density at radius 3 is 1.82 bits per heavy atom. The second-order valence-electron chi connectivity index (χ2n) is 2.66. The zero-order valence-corrected chi connectivity index (χ0v) is 6.33. The molecule has 0 heteroatoms. The summed E-state index contributed by atoms with van der Waals surface area (Å²) in [6.07, 6.45) is 18.1. The van der Waals surface area contributed by atoms with Crippen LogP contribution in [-0.2, 0) is 0 Å². The van der Waals surface area contributed by atoms with Crippen LogP contribution in [0.15, 0.2) is 59.8 Å². The number of hydrogen-bond acceptors (Lipinski definition) is 0. The molecule has 0 fully saturated rings. The van der Waals surface area contributed by atoms with Crippen molar-refractivity contribution in [2.45, 2.75) is 6.42 Å². The summed E-state index contributed by atoms with van der Waals surface area (Å²) in [5.74, 6) is 0. The molecule has 11 heavy (non-hydrogen) atoms. The van der Waals surface area contributed by atoms with Crippen LogP contribution in [0, 0.1) is 0 Å². The Hall–Kier alpha value is -1.30. The van der Waals surface area contributed by atoms with Gasteiger partial charge in [-0.3, -0.25) is 0 Å². The summed E-state index contributed by atoms with van der Waals surface area (Å²) < 4.78 is 0. The third-order valence-corrected chi connectivity index (χ3v) is 1.89. The summed E-state index contributed by atoms with van der Waals surface area (Å²) in [5, 5.41) is 0. The average Bonchev–Trinajstić information content (AvgIpc) is 2.35. The van der Waals surface area contributed by atoms with Crippen LogP contribution in [0.2, 0.25) is 0 Å². The molecule has 0 radical (unpaired) electrons. The van der Waals surface area contributed by atoms with E-state index in [0.717, 1.165) is 6.42 Å². The predicted molar refractivity (Wildman–Crippen MR) is 48.2 cm³/mol. The molecule has 0 N–H and O–H groups in total. The summed E-state index contributed by atoms with van der Waals surface area (Å²) in [4.78, 5) is 0. The minimum absolute atomic E-state index is 1.08. The Labute approximate surface area is 66.9 Å². The average molecular weight is 142 g/mol. The first-order valence-corrected chi connectivity index (χ1v) is 3.89. The summed E-state index contributed by atoms with van der Waals surface area (Å²) in [6, 6.07) is 0. The fourth-order valence-corrected chi connectivity index (χ4v) is 1.32. The summed E-state index contributed by atoms with van der Waals surface area (Å²) in [6.45, 7) is 0.